The summed E-state index contributed by atoms with van der Waals surface area (Å²) in [7, 11) is 0. The van der Waals surface area contributed by atoms with Crippen LogP contribution in [0, 0.1) is 25.7 Å². The lowest BCUT2D eigenvalue weighted by Crippen LogP contribution is -2.56. The Bertz CT molecular complexity index is 1090. The normalized spacial score (nSPS) is 29.4. The summed E-state index contributed by atoms with van der Waals surface area (Å²) in [5.41, 5.74) is 0.857. The van der Waals surface area contributed by atoms with Crippen LogP contribution in [0.15, 0.2) is 30.9 Å². The van der Waals surface area contributed by atoms with E-state index in [0.29, 0.717) is 38.6 Å². The third-order valence-electron chi connectivity index (χ3n) is 8.75. The van der Waals surface area contributed by atoms with Gasteiger partial charge in [-0.1, -0.05) is 25.1 Å². The fourth-order valence-corrected chi connectivity index (χ4v) is 6.99. The van der Waals surface area contributed by atoms with Crippen LogP contribution in [0.3, 0.4) is 0 Å². The van der Waals surface area contributed by atoms with Crippen molar-refractivity contribution in [2.75, 3.05) is 31.2 Å². The third kappa shape index (κ3) is 4.45. The van der Waals surface area contributed by atoms with Gasteiger partial charge in [0.15, 0.2) is 0 Å². The number of ether oxygens (including phenoxy) is 2. The molecular weight excluding hydrogens is 484 g/mol. The van der Waals surface area contributed by atoms with Crippen LogP contribution in [-0.2, 0) is 23.9 Å². The van der Waals surface area contributed by atoms with E-state index >= 15 is 0 Å². The average molecular weight is 527 g/mol. The van der Waals surface area contributed by atoms with Gasteiger partial charge in [0.1, 0.15) is 17.6 Å². The Morgan fingerprint density at radius 2 is 2.00 bits per heavy atom. The number of amides is 2. The lowest BCUT2D eigenvalue weighted by Gasteiger charge is -2.37. The van der Waals surface area contributed by atoms with Gasteiger partial charge in [0.05, 0.1) is 18.1 Å². The Labute approximate surface area is 226 Å². The van der Waals surface area contributed by atoms with Crippen LogP contribution in [-0.4, -0.2) is 71.3 Å². The number of benzene rings is 1. The second-order valence-electron chi connectivity index (χ2n) is 10.9. The van der Waals surface area contributed by atoms with Gasteiger partial charge in [0.2, 0.25) is 5.91 Å². The smallest absolute Gasteiger partial charge is 0.312 e. The summed E-state index contributed by atoms with van der Waals surface area (Å²) < 4.78 is 12.3. The SMILES string of the molecule is C=CCN(C(=O)C1N(CCCCCO)C(=O)[C@@H]2[C@@H](C(=O)OCC)[C@@]3(CC)CCC12O3)c1cc(C)ccc1C. The van der Waals surface area contributed by atoms with Gasteiger partial charge in [-0.15, -0.1) is 6.58 Å². The molecule has 5 atom stereocenters. The fourth-order valence-electron chi connectivity index (χ4n) is 6.99. The summed E-state index contributed by atoms with van der Waals surface area (Å²) >= 11 is 0. The number of hydrogen-bond donors (Lipinski definition) is 1. The van der Waals surface area contributed by atoms with Crippen molar-refractivity contribution in [1.29, 1.82) is 0 Å². The zero-order valence-corrected chi connectivity index (χ0v) is 23.2. The van der Waals surface area contributed by atoms with Crippen molar-refractivity contribution in [1.82, 2.24) is 4.90 Å². The molecule has 2 amide bonds. The van der Waals surface area contributed by atoms with Gasteiger partial charge in [-0.05, 0) is 76.5 Å². The molecule has 2 bridgehead atoms. The molecule has 3 heterocycles. The topological polar surface area (TPSA) is 96.4 Å². The molecule has 38 heavy (non-hydrogen) atoms. The van der Waals surface area contributed by atoms with Gasteiger partial charge >= 0.3 is 5.97 Å². The Balaban J connectivity index is 1.80. The molecule has 0 aromatic heterocycles. The largest absolute Gasteiger partial charge is 0.466 e. The van der Waals surface area contributed by atoms with Crippen LogP contribution in [0.4, 0.5) is 5.69 Å². The first kappa shape index (κ1) is 28.3. The molecule has 3 fully saturated rings. The molecule has 208 valence electrons. The Morgan fingerprint density at radius 1 is 1.24 bits per heavy atom. The molecule has 0 radical (unpaired) electrons. The summed E-state index contributed by atoms with van der Waals surface area (Å²) in [6, 6.07) is 5.12. The molecule has 3 aliphatic heterocycles. The van der Waals surface area contributed by atoms with E-state index in [-0.39, 0.29) is 31.6 Å². The molecule has 3 saturated heterocycles. The maximum absolute atomic E-state index is 14.6. The van der Waals surface area contributed by atoms with Crippen LogP contribution in [0.1, 0.15) is 63.5 Å². The van der Waals surface area contributed by atoms with Gasteiger partial charge in [0.25, 0.3) is 5.91 Å². The summed E-state index contributed by atoms with van der Waals surface area (Å²) in [5.74, 6) is -2.33. The highest BCUT2D eigenvalue weighted by atomic mass is 16.6. The molecule has 4 rings (SSSR count). The zero-order chi connectivity index (χ0) is 27.7. The molecule has 8 nitrogen and oxygen atoms in total. The predicted molar refractivity (Wildman–Crippen MR) is 145 cm³/mol. The standard InChI is InChI=1S/C30H42N2O6/c1-6-16-31(22-19-20(4)12-13-21(22)5)27(35)25-30-15-14-29(7-2,38-30)24(28(36)37-8-3)23(30)26(34)32(25)17-10-9-11-18-33/h6,12-13,19,23-25,33H,1,7-11,14-18H2,2-5H3/t23-,24-,25?,29+,30?/m0/s1. The maximum Gasteiger partial charge on any atom is 0.312 e. The summed E-state index contributed by atoms with van der Waals surface area (Å²) in [6.45, 7) is 12.5. The van der Waals surface area contributed by atoms with Crippen molar-refractivity contribution in [3.63, 3.8) is 0 Å². The van der Waals surface area contributed by atoms with Crippen molar-refractivity contribution in [2.24, 2.45) is 11.8 Å². The van der Waals surface area contributed by atoms with E-state index in [1.54, 1.807) is 22.8 Å². The second-order valence-corrected chi connectivity index (χ2v) is 10.9. The van der Waals surface area contributed by atoms with Gasteiger partial charge < -0.3 is 24.4 Å². The summed E-state index contributed by atoms with van der Waals surface area (Å²) in [6.07, 6.45) is 5.39. The molecular formula is C30H42N2O6. The number of rotatable bonds is 12. The van der Waals surface area contributed by atoms with Crippen molar-refractivity contribution >= 4 is 23.5 Å². The minimum Gasteiger partial charge on any atom is -0.466 e. The number of hydrogen-bond acceptors (Lipinski definition) is 6. The minimum atomic E-state index is -1.09. The first-order valence-corrected chi connectivity index (χ1v) is 14.0. The number of carbonyl (C=O) groups is 3. The van der Waals surface area contributed by atoms with E-state index in [4.69, 9.17) is 9.47 Å². The molecule has 0 aliphatic carbocycles. The fraction of sp³-hybridized carbons (Fsp3) is 0.633. The number of unbranched alkanes of at least 4 members (excludes halogenated alkanes) is 2. The van der Waals surface area contributed by atoms with Crippen LogP contribution in [0.2, 0.25) is 0 Å². The lowest BCUT2D eigenvalue weighted by atomic mass is 9.65. The van der Waals surface area contributed by atoms with E-state index in [2.05, 4.69) is 6.58 Å². The van der Waals surface area contributed by atoms with Crippen molar-refractivity contribution in [3.8, 4) is 0 Å². The molecule has 1 N–H and O–H groups in total. The minimum absolute atomic E-state index is 0.0790. The molecule has 3 aliphatic rings. The highest BCUT2D eigenvalue weighted by Gasteiger charge is 2.79. The zero-order valence-electron chi connectivity index (χ0n) is 23.2. The first-order chi connectivity index (χ1) is 18.2. The Hall–Kier alpha value is -2.71. The average Bonchev–Trinajstić information content (AvgIpc) is 3.50. The number of aliphatic hydroxyl groups is 1. The van der Waals surface area contributed by atoms with Gasteiger partial charge in [0, 0.05) is 25.4 Å². The summed E-state index contributed by atoms with van der Waals surface area (Å²) in [4.78, 5) is 45.4. The number of carbonyl (C=O) groups excluding carboxylic acids is 3. The number of fused-ring (bicyclic) bond motifs is 1. The highest BCUT2D eigenvalue weighted by Crippen LogP contribution is 2.64. The number of nitrogens with zero attached hydrogens (tertiary/aromatic N) is 2. The van der Waals surface area contributed by atoms with E-state index in [1.807, 2.05) is 39.0 Å². The second kappa shape index (κ2) is 11.2. The summed E-state index contributed by atoms with van der Waals surface area (Å²) in [5, 5.41) is 9.25. The number of anilines is 1. The molecule has 1 spiro atoms. The van der Waals surface area contributed by atoms with Crippen LogP contribution >= 0.6 is 0 Å². The van der Waals surface area contributed by atoms with Crippen LogP contribution < -0.4 is 4.90 Å². The number of aryl methyl sites for hydroxylation is 2. The van der Waals surface area contributed by atoms with E-state index in [0.717, 1.165) is 23.2 Å². The number of likely N-dealkylation sites (tertiary alicyclic amines) is 1. The quantitative estimate of drug-likeness (QED) is 0.253. The van der Waals surface area contributed by atoms with E-state index in [9.17, 15) is 19.5 Å². The van der Waals surface area contributed by atoms with E-state index in [1.165, 1.54) is 0 Å². The van der Waals surface area contributed by atoms with Gasteiger partial charge in [-0.25, -0.2) is 0 Å². The van der Waals surface area contributed by atoms with Gasteiger partial charge in [-0.2, -0.15) is 0 Å². The molecule has 8 heteroatoms. The van der Waals surface area contributed by atoms with Gasteiger partial charge in [-0.3, -0.25) is 14.4 Å². The van der Waals surface area contributed by atoms with Crippen molar-refractivity contribution in [2.45, 2.75) is 83.5 Å². The molecule has 2 unspecified atom stereocenters. The van der Waals surface area contributed by atoms with Crippen LogP contribution in [0.5, 0.6) is 0 Å². The van der Waals surface area contributed by atoms with Crippen molar-refractivity contribution in [3.05, 3.63) is 42.0 Å². The maximum atomic E-state index is 14.6. The Morgan fingerprint density at radius 3 is 2.66 bits per heavy atom. The van der Waals surface area contributed by atoms with Crippen LogP contribution in [0.25, 0.3) is 0 Å². The first-order valence-electron chi connectivity index (χ1n) is 14.0. The highest BCUT2D eigenvalue weighted by molar-refractivity contribution is 6.05. The van der Waals surface area contributed by atoms with Crippen molar-refractivity contribution < 1.29 is 29.0 Å². The number of esters is 1. The molecule has 0 saturated carbocycles. The molecule has 1 aromatic rings. The molecule has 1 aromatic carbocycles. The Kier molecular flexibility index (Phi) is 8.33. The monoisotopic (exact) mass is 526 g/mol. The lowest BCUT2D eigenvalue weighted by molar-refractivity contribution is -0.160. The third-order valence-corrected chi connectivity index (χ3v) is 8.75. The van der Waals surface area contributed by atoms with E-state index < -0.39 is 35.0 Å². The predicted octanol–water partition coefficient (Wildman–Crippen LogP) is 3.70. The number of aliphatic hydroxyl groups excluding tert-OH is 1.